The maximum atomic E-state index is 12.8. The molecule has 6 aliphatic carbocycles. The van der Waals surface area contributed by atoms with E-state index >= 15 is 0 Å². The average molecular weight is 1820 g/mol. The van der Waals surface area contributed by atoms with Crippen LogP contribution < -0.4 is 15.4 Å². The standard InChI is InChI=1S/C29H39N3O3.C28H34N4O3.2C27H34N2O3/c1-20(33)28(25-9-5-10-26(34-2)27(25)21-11-12-21)32-17-15-24(19-32)35-18-4-3-8-23-14-13-22-7-6-16-30-29(22)31-23;29-17-21-5-3-8-24(25(21)19-9-10-19)26(28(33)34)32-15-13-23(18-32)35-16-2-1-7-22-12-11-20-6-4-14-30-27(20)31-22;2*30-27(31)26(24-9-3-2-8-23(24)19-11-12-19)29-16-15-22(18-29)32-17-5-7-21-14-13-20-6-1-4-10-25(20)28-21/h5,9-10,13-14,21,24,28H,3-4,6-8,11-12,15-19H2,1-2H3,(H,30,31);3,5,8,11-12,19,23,26H,1-2,4,6-7,9-10,13-16,18H2,(H,30,31)(H,33,34);2*2-3,8-9,13-14,19,22,26H,1,4-7,10-12,15-18H2,(H,30,31)/t24-,28+;23-,26?;22-,26+;22-,26-/m1111/s1. The summed E-state index contributed by atoms with van der Waals surface area (Å²) < 4.78 is 30.4. The molecule has 8 aromatic rings. The maximum absolute atomic E-state index is 12.8. The van der Waals surface area contributed by atoms with Crippen LogP contribution in [0.3, 0.4) is 0 Å². The molecule has 23 nitrogen and oxygen atoms in total. The van der Waals surface area contributed by atoms with E-state index in [0.717, 1.165) is 225 Å². The highest BCUT2D eigenvalue weighted by atomic mass is 16.5. The van der Waals surface area contributed by atoms with Gasteiger partial charge in [0.15, 0.2) is 5.78 Å². The Morgan fingerprint density at radius 2 is 0.746 bits per heavy atom. The number of unbranched alkanes of at least 4 members (excludes halogenated alkanes) is 2. The lowest BCUT2D eigenvalue weighted by Gasteiger charge is -2.28. The normalized spacial score (nSPS) is 21.3. The van der Waals surface area contributed by atoms with Gasteiger partial charge in [0, 0.05) is 132 Å². The first-order valence-corrected chi connectivity index (χ1v) is 51.0. The first-order chi connectivity index (χ1) is 65.6. The molecule has 20 rings (SSSR count). The smallest absolute Gasteiger partial charge is 0.325 e. The Morgan fingerprint density at radius 1 is 0.388 bits per heavy atom. The number of ether oxygens (including phenoxy) is 5. The lowest BCUT2D eigenvalue weighted by Crippen LogP contribution is -2.34. The van der Waals surface area contributed by atoms with Crippen molar-refractivity contribution in [3.63, 3.8) is 0 Å². The molecule has 712 valence electrons. The summed E-state index contributed by atoms with van der Waals surface area (Å²) in [6, 6.07) is 45.8. The number of pyridine rings is 4. The van der Waals surface area contributed by atoms with E-state index in [1.807, 2.05) is 71.6 Å². The first-order valence-electron chi connectivity index (χ1n) is 51.0. The molecule has 4 aromatic carbocycles. The third kappa shape index (κ3) is 25.3. The molecule has 12 aliphatic rings. The Hall–Kier alpha value is -9.87. The Kier molecular flexibility index (Phi) is 33.5. The maximum Gasteiger partial charge on any atom is 0.325 e. The van der Waals surface area contributed by atoms with Gasteiger partial charge in [-0.1, -0.05) is 97.1 Å². The molecule has 6 aliphatic heterocycles. The van der Waals surface area contributed by atoms with Crippen molar-refractivity contribution in [1.29, 1.82) is 5.26 Å². The van der Waals surface area contributed by atoms with Crippen molar-refractivity contribution in [2.45, 2.75) is 297 Å². The molecule has 4 saturated carbocycles. The second-order valence-corrected chi connectivity index (χ2v) is 39.6. The number of carbonyl (C=O) groups is 4. The molecule has 4 saturated heterocycles. The molecule has 0 radical (unpaired) electrons. The number of nitrogens with one attached hydrogen (secondary N) is 2. The number of hydrogen-bond donors (Lipinski definition) is 5. The van der Waals surface area contributed by atoms with Crippen molar-refractivity contribution in [2.24, 2.45) is 0 Å². The van der Waals surface area contributed by atoms with Crippen LogP contribution >= 0.6 is 0 Å². The van der Waals surface area contributed by atoms with Crippen LogP contribution in [0.4, 0.5) is 11.6 Å². The quantitative estimate of drug-likeness (QED) is 0.0224. The van der Waals surface area contributed by atoms with E-state index in [1.54, 1.807) is 14.0 Å². The molecule has 8 fully saturated rings. The number of carbonyl (C=O) groups excluding carboxylic acids is 1. The number of aromatic nitrogens is 4. The first kappa shape index (κ1) is 95.8. The van der Waals surface area contributed by atoms with Gasteiger partial charge < -0.3 is 49.6 Å². The number of nitriles is 1. The Balaban J connectivity index is 0.000000124. The molecular weight excluding hydrogens is 1680 g/mol. The van der Waals surface area contributed by atoms with Crippen molar-refractivity contribution in [3.8, 4) is 11.8 Å². The molecule has 23 heteroatoms. The van der Waals surface area contributed by atoms with Crippen molar-refractivity contribution >= 4 is 35.3 Å². The highest BCUT2D eigenvalue weighted by molar-refractivity contribution is 5.84. The fourth-order valence-electron chi connectivity index (χ4n) is 22.1. The number of rotatable bonds is 39. The number of aliphatic carboxylic acids is 3. The second kappa shape index (κ2) is 46.8. The third-order valence-corrected chi connectivity index (χ3v) is 29.6. The summed E-state index contributed by atoms with van der Waals surface area (Å²) >= 11 is 0. The highest BCUT2D eigenvalue weighted by Crippen LogP contribution is 2.51. The zero-order valence-corrected chi connectivity index (χ0v) is 79.1. The Bertz CT molecular complexity index is 5200. The van der Waals surface area contributed by atoms with Gasteiger partial charge in [0.25, 0.3) is 0 Å². The van der Waals surface area contributed by atoms with Crippen molar-refractivity contribution in [3.05, 3.63) is 240 Å². The number of benzene rings is 4. The number of carboxylic acids is 3. The number of ketones is 1. The van der Waals surface area contributed by atoms with Crippen LogP contribution in [0.1, 0.15) is 315 Å². The Labute approximate surface area is 792 Å². The lowest BCUT2D eigenvalue weighted by molar-refractivity contribution is -0.144. The van der Waals surface area contributed by atoms with Crippen LogP contribution in [0.15, 0.2) is 133 Å². The number of hydrogen-bond acceptors (Lipinski definition) is 20. The summed E-state index contributed by atoms with van der Waals surface area (Å²) in [7, 11) is 1.73. The fraction of sp³-hybridized carbons (Fsp3) is 0.559. The molecule has 8 atom stereocenters. The molecule has 1 unspecified atom stereocenters. The second-order valence-electron chi connectivity index (χ2n) is 39.6. The molecule has 0 amide bonds. The topological polar surface area (TPSA) is 287 Å². The van der Waals surface area contributed by atoms with E-state index in [0.29, 0.717) is 75.2 Å². The number of aryl methyl sites for hydroxylation is 10. The van der Waals surface area contributed by atoms with Crippen LogP contribution in [0.5, 0.6) is 5.75 Å². The van der Waals surface area contributed by atoms with Crippen molar-refractivity contribution in [1.82, 2.24) is 39.5 Å². The molecular formula is C111H141N11O12. The van der Waals surface area contributed by atoms with E-state index in [2.05, 4.69) is 98.1 Å². The molecule has 134 heavy (non-hydrogen) atoms. The number of anilines is 2. The van der Waals surface area contributed by atoms with Crippen LogP contribution in [-0.4, -0.2) is 202 Å². The number of carboxylic acid groups (broad SMARTS) is 3. The molecule has 0 spiro atoms. The number of fused-ring (bicyclic) bond motifs is 4. The van der Waals surface area contributed by atoms with Crippen molar-refractivity contribution in [2.75, 3.05) is 110 Å². The van der Waals surface area contributed by atoms with Gasteiger partial charge in [-0.3, -0.25) is 48.7 Å². The summed E-state index contributed by atoms with van der Waals surface area (Å²) in [5.41, 5.74) is 21.9. The number of Topliss-reactive ketones (excluding diaryl/α,β-unsaturated/α-hetero) is 1. The molecule has 4 aromatic heterocycles. The summed E-state index contributed by atoms with van der Waals surface area (Å²) in [5.74, 6) is 2.83. The minimum absolute atomic E-state index is 0.0476. The van der Waals surface area contributed by atoms with Gasteiger partial charge in [-0.15, -0.1) is 0 Å². The Morgan fingerprint density at radius 3 is 1.16 bits per heavy atom. The largest absolute Gasteiger partial charge is 0.496 e. The van der Waals surface area contributed by atoms with Gasteiger partial charge in [0.2, 0.25) is 0 Å². The third-order valence-electron chi connectivity index (χ3n) is 29.6. The monoisotopic (exact) mass is 1820 g/mol. The van der Waals surface area contributed by atoms with Crippen LogP contribution in [-0.2, 0) is 102 Å². The SMILES string of the molecule is COc1cccc([C@H](C(C)=O)N2CC[C@@H](OCCCCc3ccc4c(n3)NCCC4)C2)c1C1CC1.N#Cc1cccc(C(C(=O)O)N2CC[C@@H](OCCCCc3ccc4c(n3)NCCC4)C2)c1C1CC1.O=C(O)[C@@H](c1ccccc1C1CC1)N1CC[C@@H](OCCCc2ccc3c(n2)CCCC3)C1.O=C(O)[C@H](c1ccccc1C1CC1)N1CC[C@@H](OCCCc2ccc3c(n2)CCCC3)C1. The predicted molar refractivity (Wildman–Crippen MR) is 520 cm³/mol. The van der Waals surface area contributed by atoms with E-state index in [4.69, 9.17) is 43.6 Å². The fourth-order valence-corrected chi connectivity index (χ4v) is 22.1. The van der Waals surface area contributed by atoms with Gasteiger partial charge in [-0.05, 0) is 346 Å². The minimum atomic E-state index is -0.852. The van der Waals surface area contributed by atoms with E-state index in [1.165, 1.54) is 157 Å². The minimum Gasteiger partial charge on any atom is -0.496 e. The van der Waals surface area contributed by atoms with Crippen LogP contribution in [0.25, 0.3) is 0 Å². The van der Waals surface area contributed by atoms with Gasteiger partial charge in [-0.2, -0.15) is 5.26 Å². The zero-order chi connectivity index (χ0) is 92.2. The molecule has 10 heterocycles. The average Bonchev–Trinajstić information content (AvgIpc) is 1.62. The highest BCUT2D eigenvalue weighted by Gasteiger charge is 2.44. The number of methoxy groups -OCH3 is 1. The van der Waals surface area contributed by atoms with Gasteiger partial charge >= 0.3 is 17.9 Å². The van der Waals surface area contributed by atoms with Crippen molar-refractivity contribution < 1.29 is 58.2 Å². The summed E-state index contributed by atoms with van der Waals surface area (Å²) in [6.45, 7) is 12.5. The van der Waals surface area contributed by atoms with Gasteiger partial charge in [0.05, 0.1) is 49.2 Å². The summed E-state index contributed by atoms with van der Waals surface area (Å²) in [4.78, 5) is 77.4. The summed E-state index contributed by atoms with van der Waals surface area (Å²) in [6.07, 6.45) is 37.3. The van der Waals surface area contributed by atoms with Gasteiger partial charge in [-0.25, -0.2) is 9.97 Å². The predicted octanol–water partition coefficient (Wildman–Crippen LogP) is 18.9. The molecule has 0 bridgehead atoms. The molecule has 5 N–H and O–H groups in total. The summed E-state index contributed by atoms with van der Waals surface area (Å²) in [5, 5.41) is 46.6. The van der Waals surface area contributed by atoms with Gasteiger partial charge in [0.1, 0.15) is 35.5 Å². The number of likely N-dealkylation sites (tertiary alicyclic amines) is 4. The zero-order valence-electron chi connectivity index (χ0n) is 79.1. The van der Waals surface area contributed by atoms with Crippen LogP contribution in [0.2, 0.25) is 0 Å². The van der Waals surface area contributed by atoms with E-state index in [9.17, 15) is 39.8 Å². The number of nitrogens with zero attached hydrogens (tertiary/aromatic N) is 9. The van der Waals surface area contributed by atoms with Crippen LogP contribution in [0, 0.1) is 11.3 Å². The lowest BCUT2D eigenvalue weighted by atomic mass is 9.92. The van der Waals surface area contributed by atoms with E-state index < -0.39 is 36.0 Å². The van der Waals surface area contributed by atoms with E-state index in [-0.39, 0.29) is 36.2 Å².